The summed E-state index contributed by atoms with van der Waals surface area (Å²) in [6, 6.07) is 6.63. The van der Waals surface area contributed by atoms with Gasteiger partial charge in [-0.3, -0.25) is 9.59 Å². The van der Waals surface area contributed by atoms with E-state index in [9.17, 15) is 9.59 Å². The number of carbonyl (C=O) groups is 1. The van der Waals surface area contributed by atoms with Crippen LogP contribution in [0.1, 0.15) is 0 Å². The second kappa shape index (κ2) is 5.31. The fraction of sp³-hybridized carbons (Fsp3) is 0.333. The van der Waals surface area contributed by atoms with Gasteiger partial charge in [0.1, 0.15) is 5.41 Å². The van der Waals surface area contributed by atoms with Gasteiger partial charge in [-0.2, -0.15) is 0 Å². The Morgan fingerprint density at radius 2 is 2.24 bits per heavy atom. The summed E-state index contributed by atoms with van der Waals surface area (Å²) in [5.41, 5.74) is 0.654. The van der Waals surface area contributed by atoms with Gasteiger partial charge >= 0.3 is 0 Å². The maximum absolute atomic E-state index is 12.4. The molecule has 0 aliphatic carbocycles. The maximum Gasteiger partial charge on any atom is 0.237 e. The number of ether oxygens (including phenoxy) is 2. The summed E-state index contributed by atoms with van der Waals surface area (Å²) in [6.07, 6.45) is 1.59. The molecule has 0 saturated carbocycles. The standard InChI is InChI=1S/C15H16N2O4/c1-20-7-15(8-21-9-15)14(19)17-10-2-3-11-12(6-10)16-5-4-13(11)18/h2-6H,7-9H2,1H3,(H,16,18)(H,17,19). The summed E-state index contributed by atoms with van der Waals surface area (Å²) in [7, 11) is 1.56. The van der Waals surface area contributed by atoms with E-state index in [0.717, 1.165) is 0 Å². The molecule has 1 aromatic carbocycles. The average molecular weight is 288 g/mol. The van der Waals surface area contributed by atoms with Crippen molar-refractivity contribution < 1.29 is 14.3 Å². The Morgan fingerprint density at radius 1 is 1.43 bits per heavy atom. The minimum atomic E-state index is -0.617. The molecule has 21 heavy (non-hydrogen) atoms. The third-order valence-corrected chi connectivity index (χ3v) is 3.68. The van der Waals surface area contributed by atoms with E-state index in [2.05, 4.69) is 10.3 Å². The van der Waals surface area contributed by atoms with E-state index in [1.165, 1.54) is 6.07 Å². The van der Waals surface area contributed by atoms with E-state index in [1.54, 1.807) is 31.5 Å². The molecule has 2 aromatic rings. The van der Waals surface area contributed by atoms with Gasteiger partial charge in [0.25, 0.3) is 0 Å². The molecule has 1 amide bonds. The zero-order chi connectivity index (χ0) is 14.9. The van der Waals surface area contributed by atoms with Crippen molar-refractivity contribution in [3.63, 3.8) is 0 Å². The van der Waals surface area contributed by atoms with Gasteiger partial charge in [-0.05, 0) is 18.2 Å². The normalized spacial score (nSPS) is 16.4. The Bertz CT molecular complexity index is 734. The Labute approximate surface area is 121 Å². The minimum Gasteiger partial charge on any atom is -0.383 e. The Hall–Kier alpha value is -2.18. The number of benzene rings is 1. The maximum atomic E-state index is 12.4. The summed E-state index contributed by atoms with van der Waals surface area (Å²) in [4.78, 5) is 27.0. The number of aromatic amines is 1. The molecular weight excluding hydrogens is 272 g/mol. The number of nitrogens with one attached hydrogen (secondary N) is 2. The topological polar surface area (TPSA) is 80.4 Å². The van der Waals surface area contributed by atoms with Gasteiger partial charge in [-0.1, -0.05) is 0 Å². The highest BCUT2D eigenvalue weighted by Gasteiger charge is 2.46. The lowest BCUT2D eigenvalue weighted by Gasteiger charge is -2.39. The van der Waals surface area contributed by atoms with Gasteiger partial charge in [-0.15, -0.1) is 0 Å². The second-order valence-corrected chi connectivity index (χ2v) is 5.26. The molecule has 0 atom stereocenters. The molecule has 1 aliphatic rings. The number of hydrogen-bond donors (Lipinski definition) is 2. The quantitative estimate of drug-likeness (QED) is 0.883. The summed E-state index contributed by atoms with van der Waals surface area (Å²) in [5.74, 6) is -0.131. The highest BCUT2D eigenvalue weighted by Crippen LogP contribution is 2.29. The van der Waals surface area contributed by atoms with Crippen LogP contribution >= 0.6 is 0 Å². The molecule has 0 bridgehead atoms. The van der Waals surface area contributed by atoms with Crippen LogP contribution in [0.25, 0.3) is 10.9 Å². The van der Waals surface area contributed by atoms with Crippen LogP contribution in [0.15, 0.2) is 35.3 Å². The number of fused-ring (bicyclic) bond motifs is 1. The van der Waals surface area contributed by atoms with Crippen LogP contribution < -0.4 is 10.7 Å². The summed E-state index contributed by atoms with van der Waals surface area (Å²) in [6.45, 7) is 1.04. The number of aromatic nitrogens is 1. The zero-order valence-corrected chi connectivity index (χ0v) is 11.6. The van der Waals surface area contributed by atoms with Crippen LogP contribution in [0.4, 0.5) is 5.69 Å². The SMILES string of the molecule is COCC1(C(=O)Nc2ccc3c(=O)cc[nH]c3c2)COC1. The zero-order valence-electron chi connectivity index (χ0n) is 11.6. The van der Waals surface area contributed by atoms with E-state index in [1.807, 2.05) is 0 Å². The molecule has 1 fully saturated rings. The van der Waals surface area contributed by atoms with Crippen LogP contribution in [-0.4, -0.2) is 37.8 Å². The van der Waals surface area contributed by atoms with Gasteiger partial charge < -0.3 is 19.8 Å². The highest BCUT2D eigenvalue weighted by molar-refractivity contribution is 5.97. The third-order valence-electron chi connectivity index (χ3n) is 3.68. The van der Waals surface area contributed by atoms with Crippen LogP contribution in [0.3, 0.4) is 0 Å². The fourth-order valence-corrected chi connectivity index (χ4v) is 2.42. The minimum absolute atomic E-state index is 0.0510. The molecule has 110 valence electrons. The van der Waals surface area contributed by atoms with Gasteiger partial charge in [0.2, 0.25) is 5.91 Å². The van der Waals surface area contributed by atoms with Crippen molar-refractivity contribution >= 4 is 22.5 Å². The number of pyridine rings is 1. The number of methoxy groups -OCH3 is 1. The highest BCUT2D eigenvalue weighted by atomic mass is 16.5. The molecule has 0 radical (unpaired) electrons. The van der Waals surface area contributed by atoms with E-state index >= 15 is 0 Å². The number of hydrogen-bond acceptors (Lipinski definition) is 4. The molecule has 2 N–H and O–H groups in total. The van der Waals surface area contributed by atoms with E-state index in [4.69, 9.17) is 9.47 Å². The number of carbonyl (C=O) groups excluding carboxylic acids is 1. The summed E-state index contributed by atoms with van der Waals surface area (Å²) >= 11 is 0. The van der Waals surface area contributed by atoms with E-state index < -0.39 is 5.41 Å². The molecule has 2 heterocycles. The Morgan fingerprint density at radius 3 is 2.90 bits per heavy atom. The second-order valence-electron chi connectivity index (χ2n) is 5.26. The van der Waals surface area contributed by atoms with Crippen molar-refractivity contribution in [3.05, 3.63) is 40.7 Å². The largest absolute Gasteiger partial charge is 0.383 e. The predicted molar refractivity (Wildman–Crippen MR) is 78.3 cm³/mol. The van der Waals surface area contributed by atoms with Crippen LogP contribution in [0, 0.1) is 5.41 Å². The van der Waals surface area contributed by atoms with Crippen molar-refractivity contribution in [3.8, 4) is 0 Å². The van der Waals surface area contributed by atoms with Gasteiger partial charge in [0.05, 0.1) is 25.3 Å². The molecule has 3 rings (SSSR count). The molecule has 1 aliphatic heterocycles. The number of amides is 1. The van der Waals surface area contributed by atoms with E-state index in [0.29, 0.717) is 36.4 Å². The molecule has 6 nitrogen and oxygen atoms in total. The first-order valence-corrected chi connectivity index (χ1v) is 6.64. The van der Waals surface area contributed by atoms with Crippen molar-refractivity contribution in [1.29, 1.82) is 0 Å². The molecular formula is C15H16N2O4. The van der Waals surface area contributed by atoms with Crippen molar-refractivity contribution in [2.45, 2.75) is 0 Å². The fourth-order valence-electron chi connectivity index (χ4n) is 2.42. The smallest absolute Gasteiger partial charge is 0.237 e. The third kappa shape index (κ3) is 2.43. The Balaban J connectivity index is 1.85. The van der Waals surface area contributed by atoms with Crippen LogP contribution in [0.2, 0.25) is 0 Å². The molecule has 0 unspecified atom stereocenters. The number of H-pyrrole nitrogens is 1. The molecule has 1 aromatic heterocycles. The first-order valence-electron chi connectivity index (χ1n) is 6.64. The average Bonchev–Trinajstić information content (AvgIpc) is 2.43. The number of rotatable bonds is 4. The molecule has 0 spiro atoms. The van der Waals surface area contributed by atoms with Crippen molar-refractivity contribution in [2.75, 3.05) is 32.2 Å². The molecule has 6 heteroatoms. The van der Waals surface area contributed by atoms with Gasteiger partial charge in [0.15, 0.2) is 5.43 Å². The number of anilines is 1. The Kier molecular flexibility index (Phi) is 3.48. The first-order chi connectivity index (χ1) is 10.1. The monoisotopic (exact) mass is 288 g/mol. The van der Waals surface area contributed by atoms with Gasteiger partial charge in [0, 0.05) is 30.4 Å². The van der Waals surface area contributed by atoms with Crippen molar-refractivity contribution in [2.24, 2.45) is 5.41 Å². The first kappa shape index (κ1) is 13.8. The van der Waals surface area contributed by atoms with Crippen LogP contribution in [0.5, 0.6) is 0 Å². The summed E-state index contributed by atoms with van der Waals surface area (Å²) < 4.78 is 10.3. The van der Waals surface area contributed by atoms with Crippen molar-refractivity contribution in [1.82, 2.24) is 4.98 Å². The lowest BCUT2D eigenvalue weighted by molar-refractivity contribution is -0.167. The lowest BCUT2D eigenvalue weighted by Crippen LogP contribution is -2.54. The summed E-state index contributed by atoms with van der Waals surface area (Å²) in [5, 5.41) is 3.45. The molecule has 1 saturated heterocycles. The lowest BCUT2D eigenvalue weighted by atomic mass is 9.86. The predicted octanol–water partition coefficient (Wildman–Crippen LogP) is 1.13. The van der Waals surface area contributed by atoms with Crippen LogP contribution in [-0.2, 0) is 14.3 Å². The van der Waals surface area contributed by atoms with E-state index in [-0.39, 0.29) is 11.3 Å². The van der Waals surface area contributed by atoms with Gasteiger partial charge in [-0.25, -0.2) is 0 Å².